The van der Waals surface area contributed by atoms with Crippen molar-refractivity contribution in [3.63, 3.8) is 0 Å². The van der Waals surface area contributed by atoms with E-state index in [1.165, 1.54) is 5.56 Å². The lowest BCUT2D eigenvalue weighted by Crippen LogP contribution is -2.11. The molecule has 0 aromatic heterocycles. The molecule has 1 aromatic carbocycles. The van der Waals surface area contributed by atoms with Crippen molar-refractivity contribution in [2.24, 2.45) is 5.73 Å². The molecule has 2 N–H and O–H groups in total. The fraction of sp³-hybridized carbons (Fsp3) is 0.462. The van der Waals surface area contributed by atoms with Crippen molar-refractivity contribution in [2.75, 3.05) is 13.2 Å². The van der Waals surface area contributed by atoms with Crippen LogP contribution in [-0.4, -0.2) is 18.9 Å². The minimum Gasteiger partial charge on any atom is -0.493 e. The van der Waals surface area contributed by atoms with Crippen LogP contribution in [0.15, 0.2) is 6.07 Å². The Morgan fingerprint density at radius 2 is 2.25 bits per heavy atom. The summed E-state index contributed by atoms with van der Waals surface area (Å²) in [4.78, 5) is 12.0. The Kier molecular flexibility index (Phi) is 2.97. The molecule has 0 radical (unpaired) electrons. The van der Waals surface area contributed by atoms with Crippen LogP contribution in [0.5, 0.6) is 5.75 Å². The third-order valence-corrected chi connectivity index (χ3v) is 3.13. The largest absolute Gasteiger partial charge is 0.493 e. The zero-order chi connectivity index (χ0) is 11.7. The van der Waals surface area contributed by atoms with Crippen LogP contribution in [0.25, 0.3) is 0 Å². The van der Waals surface area contributed by atoms with Gasteiger partial charge >= 0.3 is 0 Å². The molecule has 0 bridgehead atoms. The molecule has 0 unspecified atom stereocenters. The summed E-state index contributed by atoms with van der Waals surface area (Å²) in [5.74, 6) is 1.09. The first-order valence-corrected chi connectivity index (χ1v) is 5.64. The van der Waals surface area contributed by atoms with Gasteiger partial charge in [0.25, 0.3) is 0 Å². The van der Waals surface area contributed by atoms with Gasteiger partial charge in [0.2, 0.25) is 0 Å². The van der Waals surface area contributed by atoms with E-state index in [0.29, 0.717) is 13.0 Å². The predicted octanol–water partition coefficient (Wildman–Crippen LogP) is 1.77. The molecule has 0 spiro atoms. The zero-order valence-corrected chi connectivity index (χ0v) is 9.80. The second-order valence-electron chi connectivity index (χ2n) is 4.23. The highest BCUT2D eigenvalue weighted by molar-refractivity contribution is 5.99. The number of benzene rings is 1. The van der Waals surface area contributed by atoms with Gasteiger partial charge < -0.3 is 10.5 Å². The van der Waals surface area contributed by atoms with E-state index in [4.69, 9.17) is 10.5 Å². The number of carbonyl (C=O) groups excluding carboxylic acids is 1. The number of Topliss-reactive ketones (excluding diaryl/α,β-unsaturated/α-hetero) is 1. The normalized spacial score (nSPS) is 13.4. The van der Waals surface area contributed by atoms with Crippen LogP contribution in [0.2, 0.25) is 0 Å². The zero-order valence-electron chi connectivity index (χ0n) is 9.80. The molecular weight excluding hydrogens is 202 g/mol. The first-order chi connectivity index (χ1) is 7.65. The van der Waals surface area contributed by atoms with Gasteiger partial charge in [-0.05, 0) is 37.6 Å². The monoisotopic (exact) mass is 219 g/mol. The highest BCUT2D eigenvalue weighted by Gasteiger charge is 2.21. The van der Waals surface area contributed by atoms with Gasteiger partial charge in [0, 0.05) is 24.0 Å². The van der Waals surface area contributed by atoms with Gasteiger partial charge in [0.05, 0.1) is 6.61 Å². The van der Waals surface area contributed by atoms with Crippen molar-refractivity contribution < 1.29 is 9.53 Å². The fourth-order valence-corrected chi connectivity index (χ4v) is 2.38. The topological polar surface area (TPSA) is 52.3 Å². The molecule has 1 heterocycles. The van der Waals surface area contributed by atoms with E-state index in [-0.39, 0.29) is 5.78 Å². The summed E-state index contributed by atoms with van der Waals surface area (Å²) < 4.78 is 5.52. The third-order valence-electron chi connectivity index (χ3n) is 3.13. The number of hydrogen-bond acceptors (Lipinski definition) is 3. The molecule has 3 heteroatoms. The molecule has 0 aliphatic carbocycles. The van der Waals surface area contributed by atoms with Crippen LogP contribution < -0.4 is 10.5 Å². The standard InChI is InChI=1S/C13H17NO2/c1-8-7-12-10(4-6-16-12)9(2)13(8)11(15)3-5-14/h7H,3-6,14H2,1-2H3. The first kappa shape index (κ1) is 11.1. The Morgan fingerprint density at radius 1 is 1.50 bits per heavy atom. The number of hydrogen-bond donors (Lipinski definition) is 1. The molecule has 16 heavy (non-hydrogen) atoms. The number of rotatable bonds is 3. The molecule has 86 valence electrons. The quantitative estimate of drug-likeness (QED) is 0.788. The summed E-state index contributed by atoms with van der Waals surface area (Å²) in [6.45, 7) is 5.10. The average Bonchev–Trinajstić information content (AvgIpc) is 2.66. The van der Waals surface area contributed by atoms with Crippen LogP contribution in [0, 0.1) is 13.8 Å². The van der Waals surface area contributed by atoms with Gasteiger partial charge in [0.1, 0.15) is 5.75 Å². The SMILES string of the molecule is Cc1cc2c(c(C)c1C(=O)CCN)CCO2. The Hall–Kier alpha value is -1.35. The number of nitrogens with two attached hydrogens (primary N) is 1. The van der Waals surface area contributed by atoms with Gasteiger partial charge in [-0.25, -0.2) is 0 Å². The summed E-state index contributed by atoms with van der Waals surface area (Å²) in [5.41, 5.74) is 9.53. The molecule has 2 rings (SSSR count). The number of ether oxygens (including phenoxy) is 1. The van der Waals surface area contributed by atoms with E-state index in [0.717, 1.165) is 35.5 Å². The lowest BCUT2D eigenvalue weighted by atomic mass is 9.92. The molecule has 0 saturated carbocycles. The van der Waals surface area contributed by atoms with Crippen LogP contribution >= 0.6 is 0 Å². The molecule has 0 fully saturated rings. The molecule has 0 amide bonds. The van der Waals surface area contributed by atoms with Crippen molar-refractivity contribution in [3.05, 3.63) is 28.3 Å². The molecular formula is C13H17NO2. The molecule has 3 nitrogen and oxygen atoms in total. The van der Waals surface area contributed by atoms with E-state index in [9.17, 15) is 4.79 Å². The maximum Gasteiger partial charge on any atom is 0.164 e. The van der Waals surface area contributed by atoms with E-state index in [1.807, 2.05) is 19.9 Å². The third kappa shape index (κ3) is 1.71. The van der Waals surface area contributed by atoms with E-state index < -0.39 is 0 Å². The minimum absolute atomic E-state index is 0.146. The van der Waals surface area contributed by atoms with Crippen LogP contribution in [0.4, 0.5) is 0 Å². The van der Waals surface area contributed by atoms with E-state index >= 15 is 0 Å². The second-order valence-corrected chi connectivity index (χ2v) is 4.23. The van der Waals surface area contributed by atoms with Gasteiger partial charge in [-0.1, -0.05) is 0 Å². The summed E-state index contributed by atoms with van der Waals surface area (Å²) >= 11 is 0. The second kappa shape index (κ2) is 4.26. The average molecular weight is 219 g/mol. The van der Waals surface area contributed by atoms with E-state index in [2.05, 4.69) is 0 Å². The number of aryl methyl sites for hydroxylation is 1. The van der Waals surface area contributed by atoms with Crippen LogP contribution in [-0.2, 0) is 6.42 Å². The van der Waals surface area contributed by atoms with Crippen LogP contribution in [0.1, 0.15) is 33.5 Å². The Morgan fingerprint density at radius 3 is 2.94 bits per heavy atom. The molecule has 1 aliphatic rings. The Labute approximate surface area is 95.6 Å². The maximum absolute atomic E-state index is 12.0. The highest BCUT2D eigenvalue weighted by Crippen LogP contribution is 2.33. The minimum atomic E-state index is 0.146. The summed E-state index contributed by atoms with van der Waals surface area (Å²) in [7, 11) is 0. The van der Waals surface area contributed by atoms with Gasteiger partial charge in [0.15, 0.2) is 5.78 Å². The Balaban J connectivity index is 2.50. The van der Waals surface area contributed by atoms with Crippen LogP contribution in [0.3, 0.4) is 0 Å². The van der Waals surface area contributed by atoms with Crippen molar-refractivity contribution in [3.8, 4) is 5.75 Å². The molecule has 0 atom stereocenters. The smallest absolute Gasteiger partial charge is 0.164 e. The summed E-state index contributed by atoms with van der Waals surface area (Å²) in [6.07, 6.45) is 1.33. The molecule has 1 aliphatic heterocycles. The number of fused-ring (bicyclic) bond motifs is 1. The van der Waals surface area contributed by atoms with Crippen molar-refractivity contribution >= 4 is 5.78 Å². The van der Waals surface area contributed by atoms with Gasteiger partial charge in [-0.3, -0.25) is 4.79 Å². The summed E-state index contributed by atoms with van der Waals surface area (Å²) in [6, 6.07) is 1.97. The number of carbonyl (C=O) groups is 1. The van der Waals surface area contributed by atoms with Gasteiger partial charge in [-0.15, -0.1) is 0 Å². The van der Waals surface area contributed by atoms with Crippen molar-refractivity contribution in [1.29, 1.82) is 0 Å². The van der Waals surface area contributed by atoms with E-state index in [1.54, 1.807) is 0 Å². The predicted molar refractivity (Wildman–Crippen MR) is 63.1 cm³/mol. The Bertz CT molecular complexity index is 438. The lowest BCUT2D eigenvalue weighted by molar-refractivity contribution is 0.0984. The lowest BCUT2D eigenvalue weighted by Gasteiger charge is -2.12. The first-order valence-electron chi connectivity index (χ1n) is 5.64. The number of ketones is 1. The fourth-order valence-electron chi connectivity index (χ4n) is 2.38. The highest BCUT2D eigenvalue weighted by atomic mass is 16.5. The maximum atomic E-state index is 12.0. The van der Waals surface area contributed by atoms with Gasteiger partial charge in [-0.2, -0.15) is 0 Å². The molecule has 1 aromatic rings. The summed E-state index contributed by atoms with van der Waals surface area (Å²) in [5, 5.41) is 0. The van der Waals surface area contributed by atoms with Crippen molar-refractivity contribution in [2.45, 2.75) is 26.7 Å². The van der Waals surface area contributed by atoms with Crippen molar-refractivity contribution in [1.82, 2.24) is 0 Å². The molecule has 0 saturated heterocycles.